The van der Waals surface area contributed by atoms with Crippen molar-refractivity contribution >= 4 is 5.91 Å². The lowest BCUT2D eigenvalue weighted by molar-refractivity contribution is -0.0465. The first kappa shape index (κ1) is 14.7. The Kier molecular flexibility index (Phi) is 4.49. The number of morpholine rings is 1. The largest absolute Gasteiger partial charge is 0.374 e. The molecular weight excluding hydrogens is 276 g/mol. The lowest BCUT2D eigenvalue weighted by Gasteiger charge is -2.38. The van der Waals surface area contributed by atoms with E-state index in [2.05, 4.69) is 17.1 Å². The fraction of sp³-hybridized carbons (Fsp3) is 0.333. The number of ether oxygens (including phenoxy) is 1. The van der Waals surface area contributed by atoms with Crippen molar-refractivity contribution < 1.29 is 9.53 Å². The molecule has 0 aliphatic carbocycles. The van der Waals surface area contributed by atoms with Crippen LogP contribution in [0.5, 0.6) is 0 Å². The van der Waals surface area contributed by atoms with Crippen molar-refractivity contribution in [2.24, 2.45) is 0 Å². The molecule has 0 radical (unpaired) electrons. The van der Waals surface area contributed by atoms with E-state index >= 15 is 0 Å². The summed E-state index contributed by atoms with van der Waals surface area (Å²) in [5, 5.41) is 0. The number of hydrogen-bond acceptors (Lipinski definition) is 3. The maximum absolute atomic E-state index is 12.6. The molecule has 1 fully saturated rings. The lowest BCUT2D eigenvalue weighted by Crippen LogP contribution is -2.51. The third kappa shape index (κ3) is 3.34. The Labute approximate surface area is 130 Å². The Balaban J connectivity index is 1.70. The molecule has 2 heterocycles. The third-order valence-electron chi connectivity index (χ3n) is 3.96. The van der Waals surface area contributed by atoms with E-state index in [0.29, 0.717) is 18.8 Å². The van der Waals surface area contributed by atoms with Crippen LogP contribution in [0.4, 0.5) is 0 Å². The van der Waals surface area contributed by atoms with Crippen LogP contribution in [-0.4, -0.2) is 41.1 Å². The molecule has 1 amide bonds. The topological polar surface area (TPSA) is 42.4 Å². The molecule has 3 rings (SSSR count). The second-order valence-electron chi connectivity index (χ2n) is 5.67. The van der Waals surface area contributed by atoms with Gasteiger partial charge in [-0.15, -0.1) is 0 Å². The van der Waals surface area contributed by atoms with Gasteiger partial charge >= 0.3 is 0 Å². The monoisotopic (exact) mass is 296 g/mol. The summed E-state index contributed by atoms with van der Waals surface area (Å²) >= 11 is 0. The van der Waals surface area contributed by atoms with E-state index in [1.807, 2.05) is 42.2 Å². The van der Waals surface area contributed by atoms with Gasteiger partial charge in [0.1, 0.15) is 5.69 Å². The first-order valence-corrected chi connectivity index (χ1v) is 7.61. The van der Waals surface area contributed by atoms with Crippen LogP contribution in [0, 0.1) is 0 Å². The van der Waals surface area contributed by atoms with Gasteiger partial charge in [-0.3, -0.25) is 9.78 Å². The summed E-state index contributed by atoms with van der Waals surface area (Å²) in [7, 11) is 0. The zero-order chi connectivity index (χ0) is 15.4. The minimum Gasteiger partial charge on any atom is -0.374 e. The van der Waals surface area contributed by atoms with Crippen molar-refractivity contribution in [3.8, 4) is 0 Å². The molecule has 2 atom stereocenters. The molecule has 0 spiro atoms. The molecule has 0 bridgehead atoms. The van der Waals surface area contributed by atoms with E-state index in [4.69, 9.17) is 4.74 Å². The quantitative estimate of drug-likeness (QED) is 0.874. The second kappa shape index (κ2) is 6.71. The molecule has 0 N–H and O–H groups in total. The van der Waals surface area contributed by atoms with E-state index in [1.54, 1.807) is 12.3 Å². The predicted octanol–water partition coefficient (Wildman–Crippen LogP) is 2.55. The number of pyridine rings is 1. The van der Waals surface area contributed by atoms with Crippen molar-refractivity contribution in [2.75, 3.05) is 13.2 Å². The fourth-order valence-corrected chi connectivity index (χ4v) is 2.74. The zero-order valence-electron chi connectivity index (χ0n) is 12.7. The van der Waals surface area contributed by atoms with Gasteiger partial charge < -0.3 is 9.64 Å². The highest BCUT2D eigenvalue weighted by Crippen LogP contribution is 2.17. The summed E-state index contributed by atoms with van der Waals surface area (Å²) in [6.45, 7) is 3.18. The molecule has 1 aromatic heterocycles. The van der Waals surface area contributed by atoms with Crippen molar-refractivity contribution in [1.82, 2.24) is 9.88 Å². The van der Waals surface area contributed by atoms with E-state index in [1.165, 1.54) is 5.56 Å². The Morgan fingerprint density at radius 1 is 1.23 bits per heavy atom. The van der Waals surface area contributed by atoms with Gasteiger partial charge in [0.15, 0.2) is 0 Å². The van der Waals surface area contributed by atoms with Gasteiger partial charge in [0, 0.05) is 19.2 Å². The average Bonchev–Trinajstić information content (AvgIpc) is 2.58. The van der Waals surface area contributed by atoms with E-state index in [-0.39, 0.29) is 18.1 Å². The molecule has 4 nitrogen and oxygen atoms in total. The van der Waals surface area contributed by atoms with Crippen LogP contribution in [-0.2, 0) is 11.2 Å². The molecule has 0 saturated carbocycles. The van der Waals surface area contributed by atoms with Gasteiger partial charge in [-0.1, -0.05) is 36.4 Å². The lowest BCUT2D eigenvalue weighted by atomic mass is 10.0. The average molecular weight is 296 g/mol. The number of carbonyl (C=O) groups is 1. The third-order valence-corrected chi connectivity index (χ3v) is 3.96. The summed E-state index contributed by atoms with van der Waals surface area (Å²) in [6.07, 6.45) is 2.51. The highest BCUT2D eigenvalue weighted by Gasteiger charge is 2.30. The Morgan fingerprint density at radius 3 is 2.73 bits per heavy atom. The second-order valence-corrected chi connectivity index (χ2v) is 5.67. The van der Waals surface area contributed by atoms with Crippen LogP contribution < -0.4 is 0 Å². The molecule has 1 aliphatic rings. The first-order valence-electron chi connectivity index (χ1n) is 7.61. The number of benzene rings is 1. The summed E-state index contributed by atoms with van der Waals surface area (Å²) in [6, 6.07) is 15.7. The molecule has 1 saturated heterocycles. The maximum atomic E-state index is 12.6. The van der Waals surface area contributed by atoms with Crippen LogP contribution in [0.1, 0.15) is 23.0 Å². The van der Waals surface area contributed by atoms with Crippen LogP contribution in [0.2, 0.25) is 0 Å². The molecule has 2 aromatic rings. The molecule has 2 unspecified atom stereocenters. The van der Waals surface area contributed by atoms with Crippen LogP contribution in [0.3, 0.4) is 0 Å². The first-order chi connectivity index (χ1) is 10.7. The van der Waals surface area contributed by atoms with Crippen molar-refractivity contribution in [3.05, 3.63) is 66.0 Å². The highest BCUT2D eigenvalue weighted by atomic mass is 16.5. The molecule has 4 heteroatoms. The predicted molar refractivity (Wildman–Crippen MR) is 84.6 cm³/mol. The fourth-order valence-electron chi connectivity index (χ4n) is 2.74. The molecular formula is C18H20N2O2. The standard InChI is InChI=1S/C18H20N2O2/c1-14-13-22-16(11-15-7-3-2-4-8-15)12-20(14)18(21)17-9-5-6-10-19-17/h2-10,14,16H,11-13H2,1H3. The summed E-state index contributed by atoms with van der Waals surface area (Å²) < 4.78 is 5.90. The minimum absolute atomic E-state index is 0.0190. The van der Waals surface area contributed by atoms with E-state index < -0.39 is 0 Å². The SMILES string of the molecule is CC1COC(Cc2ccccc2)CN1C(=O)c1ccccn1. The summed E-state index contributed by atoms with van der Waals surface area (Å²) in [4.78, 5) is 18.7. The molecule has 114 valence electrons. The number of hydrogen-bond donors (Lipinski definition) is 0. The number of rotatable bonds is 3. The molecule has 1 aromatic carbocycles. The van der Waals surface area contributed by atoms with Gasteiger partial charge in [0.05, 0.1) is 18.8 Å². The van der Waals surface area contributed by atoms with Gasteiger partial charge in [-0.2, -0.15) is 0 Å². The molecule has 22 heavy (non-hydrogen) atoms. The van der Waals surface area contributed by atoms with Crippen molar-refractivity contribution in [2.45, 2.75) is 25.5 Å². The zero-order valence-corrected chi connectivity index (χ0v) is 12.7. The maximum Gasteiger partial charge on any atom is 0.272 e. The number of amides is 1. The van der Waals surface area contributed by atoms with Crippen molar-refractivity contribution in [3.63, 3.8) is 0 Å². The smallest absolute Gasteiger partial charge is 0.272 e. The highest BCUT2D eigenvalue weighted by molar-refractivity contribution is 5.92. The minimum atomic E-state index is -0.0190. The van der Waals surface area contributed by atoms with Gasteiger partial charge in [0.25, 0.3) is 5.91 Å². The van der Waals surface area contributed by atoms with Crippen molar-refractivity contribution in [1.29, 1.82) is 0 Å². The molecule has 1 aliphatic heterocycles. The Hall–Kier alpha value is -2.20. The van der Waals surface area contributed by atoms with Crippen LogP contribution >= 0.6 is 0 Å². The number of nitrogens with zero attached hydrogens (tertiary/aromatic N) is 2. The van der Waals surface area contributed by atoms with E-state index in [0.717, 1.165) is 6.42 Å². The normalized spacial score (nSPS) is 21.6. The Bertz CT molecular complexity index is 615. The number of aromatic nitrogens is 1. The van der Waals surface area contributed by atoms with Crippen LogP contribution in [0.15, 0.2) is 54.7 Å². The Morgan fingerprint density at radius 2 is 2.00 bits per heavy atom. The van der Waals surface area contributed by atoms with E-state index in [9.17, 15) is 4.79 Å². The van der Waals surface area contributed by atoms with Gasteiger partial charge in [-0.05, 0) is 24.6 Å². The summed E-state index contributed by atoms with van der Waals surface area (Å²) in [5.74, 6) is -0.0190. The number of carbonyl (C=O) groups excluding carboxylic acids is 1. The van der Waals surface area contributed by atoms with Gasteiger partial charge in [-0.25, -0.2) is 0 Å². The van der Waals surface area contributed by atoms with Gasteiger partial charge in [0.2, 0.25) is 0 Å². The summed E-state index contributed by atoms with van der Waals surface area (Å²) in [5.41, 5.74) is 1.72. The van der Waals surface area contributed by atoms with Crippen LogP contribution in [0.25, 0.3) is 0 Å².